The molecule has 0 unspecified atom stereocenters. The highest BCUT2D eigenvalue weighted by atomic mass is 35.5. The van der Waals surface area contributed by atoms with Crippen LogP contribution < -0.4 is 5.32 Å². The van der Waals surface area contributed by atoms with E-state index in [1.54, 1.807) is 18.3 Å². The van der Waals surface area contributed by atoms with Crippen LogP contribution in [0.25, 0.3) is 0 Å². The molecule has 1 N–H and O–H groups in total. The fourth-order valence-corrected chi connectivity index (χ4v) is 2.33. The maximum absolute atomic E-state index is 11.2. The number of rotatable bonds is 7. The van der Waals surface area contributed by atoms with Crippen molar-refractivity contribution in [2.75, 3.05) is 19.7 Å². The second kappa shape index (κ2) is 7.48. The average molecular weight is 274 g/mol. The molecule has 3 nitrogen and oxygen atoms in total. The summed E-state index contributed by atoms with van der Waals surface area (Å²) in [6.07, 6.45) is 0.896. The summed E-state index contributed by atoms with van der Waals surface area (Å²) in [5, 5.41) is 3.15. The first kappa shape index (κ1) is 14.2. The minimum atomic E-state index is -0.334. The standard InChI is InChI=1S/C12H16ClNO2S/c1-3-16-12(15)9(2)8-14-7-6-10-4-5-11(13)17-10/h4-5,14H,2-3,6-8H2,1H3. The van der Waals surface area contributed by atoms with E-state index < -0.39 is 0 Å². The van der Waals surface area contributed by atoms with Crippen molar-refractivity contribution >= 4 is 28.9 Å². The first-order valence-corrected chi connectivity index (χ1v) is 6.62. The Kier molecular flexibility index (Phi) is 6.26. The molecule has 0 saturated carbocycles. The second-order valence-electron chi connectivity index (χ2n) is 3.46. The van der Waals surface area contributed by atoms with Gasteiger partial charge >= 0.3 is 5.97 Å². The molecule has 17 heavy (non-hydrogen) atoms. The van der Waals surface area contributed by atoms with Crippen molar-refractivity contribution < 1.29 is 9.53 Å². The molecule has 1 heterocycles. The van der Waals surface area contributed by atoms with Crippen molar-refractivity contribution in [3.63, 3.8) is 0 Å². The second-order valence-corrected chi connectivity index (χ2v) is 5.26. The molecule has 5 heteroatoms. The Morgan fingerprint density at radius 1 is 1.59 bits per heavy atom. The van der Waals surface area contributed by atoms with E-state index in [1.165, 1.54) is 4.88 Å². The number of nitrogens with one attached hydrogen (secondary N) is 1. The number of hydrogen-bond acceptors (Lipinski definition) is 4. The summed E-state index contributed by atoms with van der Waals surface area (Å²) in [6.45, 7) is 7.07. The zero-order valence-electron chi connectivity index (χ0n) is 9.79. The van der Waals surface area contributed by atoms with Crippen LogP contribution in [0.4, 0.5) is 0 Å². The van der Waals surface area contributed by atoms with Crippen molar-refractivity contribution in [1.29, 1.82) is 0 Å². The number of hydrogen-bond donors (Lipinski definition) is 1. The fourth-order valence-electron chi connectivity index (χ4n) is 1.24. The molecule has 0 fully saturated rings. The zero-order valence-corrected chi connectivity index (χ0v) is 11.4. The van der Waals surface area contributed by atoms with Crippen LogP contribution in [-0.2, 0) is 16.0 Å². The third-order valence-electron chi connectivity index (χ3n) is 2.08. The summed E-state index contributed by atoms with van der Waals surface area (Å²) in [5.74, 6) is -0.334. The van der Waals surface area contributed by atoms with Crippen LogP contribution in [0.3, 0.4) is 0 Å². The largest absolute Gasteiger partial charge is 0.463 e. The van der Waals surface area contributed by atoms with Crippen LogP contribution in [0, 0.1) is 0 Å². The van der Waals surface area contributed by atoms with Gasteiger partial charge in [-0.25, -0.2) is 4.79 Å². The predicted octanol–water partition coefficient (Wildman–Crippen LogP) is 2.65. The Morgan fingerprint density at radius 3 is 2.94 bits per heavy atom. The maximum atomic E-state index is 11.2. The maximum Gasteiger partial charge on any atom is 0.334 e. The van der Waals surface area contributed by atoms with E-state index in [-0.39, 0.29) is 5.97 Å². The summed E-state index contributed by atoms with van der Waals surface area (Å²) in [7, 11) is 0. The molecular weight excluding hydrogens is 258 g/mol. The monoisotopic (exact) mass is 273 g/mol. The molecule has 0 amide bonds. The molecule has 0 saturated heterocycles. The molecule has 1 rings (SSSR count). The number of carbonyl (C=O) groups excluding carboxylic acids is 1. The van der Waals surface area contributed by atoms with Gasteiger partial charge in [0, 0.05) is 23.5 Å². The van der Waals surface area contributed by atoms with E-state index >= 15 is 0 Å². The van der Waals surface area contributed by atoms with Gasteiger partial charge in [-0.3, -0.25) is 0 Å². The van der Waals surface area contributed by atoms with E-state index in [2.05, 4.69) is 11.9 Å². The first-order chi connectivity index (χ1) is 8.13. The highest BCUT2D eigenvalue weighted by Gasteiger charge is 2.06. The Bertz CT molecular complexity index is 390. The van der Waals surface area contributed by atoms with Crippen LogP contribution in [-0.4, -0.2) is 25.7 Å². The summed E-state index contributed by atoms with van der Waals surface area (Å²) in [6, 6.07) is 3.90. The third-order valence-corrected chi connectivity index (χ3v) is 3.37. The van der Waals surface area contributed by atoms with Crippen molar-refractivity contribution in [2.24, 2.45) is 0 Å². The molecule has 94 valence electrons. The van der Waals surface area contributed by atoms with Gasteiger partial charge in [0.25, 0.3) is 0 Å². The molecule has 1 aromatic rings. The molecule has 0 aliphatic carbocycles. The van der Waals surface area contributed by atoms with Crippen molar-refractivity contribution in [2.45, 2.75) is 13.3 Å². The minimum Gasteiger partial charge on any atom is -0.463 e. The van der Waals surface area contributed by atoms with E-state index in [9.17, 15) is 4.79 Å². The molecule has 0 spiro atoms. The lowest BCUT2D eigenvalue weighted by atomic mass is 10.3. The van der Waals surface area contributed by atoms with Crippen LogP contribution in [0.2, 0.25) is 4.34 Å². The highest BCUT2D eigenvalue weighted by Crippen LogP contribution is 2.21. The molecule has 0 aliphatic heterocycles. The van der Waals surface area contributed by atoms with E-state index in [1.807, 2.05) is 12.1 Å². The van der Waals surface area contributed by atoms with Gasteiger partial charge in [0.1, 0.15) is 0 Å². The Balaban J connectivity index is 2.16. The van der Waals surface area contributed by atoms with Gasteiger partial charge in [-0.05, 0) is 25.5 Å². The third kappa shape index (κ3) is 5.35. The van der Waals surface area contributed by atoms with Crippen molar-refractivity contribution in [3.05, 3.63) is 33.5 Å². The lowest BCUT2D eigenvalue weighted by Gasteiger charge is -2.06. The fraction of sp³-hybridized carbons (Fsp3) is 0.417. The van der Waals surface area contributed by atoms with E-state index in [0.717, 1.165) is 17.3 Å². The SMILES string of the molecule is C=C(CNCCc1ccc(Cl)s1)C(=O)OCC. The molecule has 0 radical (unpaired) electrons. The number of ether oxygens (including phenoxy) is 1. The summed E-state index contributed by atoms with van der Waals surface area (Å²) < 4.78 is 5.63. The van der Waals surface area contributed by atoms with Gasteiger partial charge in [-0.2, -0.15) is 0 Å². The van der Waals surface area contributed by atoms with Gasteiger partial charge in [0.05, 0.1) is 10.9 Å². The summed E-state index contributed by atoms with van der Waals surface area (Å²) in [5.41, 5.74) is 0.455. The molecule has 0 bridgehead atoms. The van der Waals surface area contributed by atoms with Crippen LogP contribution >= 0.6 is 22.9 Å². The first-order valence-electron chi connectivity index (χ1n) is 5.43. The number of esters is 1. The summed E-state index contributed by atoms with van der Waals surface area (Å²) >= 11 is 7.40. The van der Waals surface area contributed by atoms with E-state index in [4.69, 9.17) is 16.3 Å². The molecule has 0 aromatic carbocycles. The smallest absolute Gasteiger partial charge is 0.334 e. The lowest BCUT2D eigenvalue weighted by Crippen LogP contribution is -2.23. The Labute approximate surface area is 110 Å². The van der Waals surface area contributed by atoms with Crippen molar-refractivity contribution in [1.82, 2.24) is 5.32 Å². The predicted molar refractivity (Wildman–Crippen MR) is 71.7 cm³/mol. The normalized spacial score (nSPS) is 10.2. The quantitative estimate of drug-likeness (QED) is 0.472. The Hall–Kier alpha value is -0.840. The Morgan fingerprint density at radius 2 is 2.35 bits per heavy atom. The van der Waals surface area contributed by atoms with Crippen LogP contribution in [0.1, 0.15) is 11.8 Å². The lowest BCUT2D eigenvalue weighted by molar-refractivity contribution is -0.138. The van der Waals surface area contributed by atoms with Gasteiger partial charge < -0.3 is 10.1 Å². The van der Waals surface area contributed by atoms with Gasteiger partial charge in [0.2, 0.25) is 0 Å². The highest BCUT2D eigenvalue weighted by molar-refractivity contribution is 7.16. The number of thiophene rings is 1. The van der Waals surface area contributed by atoms with Crippen LogP contribution in [0.15, 0.2) is 24.3 Å². The zero-order chi connectivity index (χ0) is 12.7. The molecule has 1 aromatic heterocycles. The molecule has 0 atom stereocenters. The topological polar surface area (TPSA) is 38.3 Å². The minimum absolute atomic E-state index is 0.334. The average Bonchev–Trinajstić information content (AvgIpc) is 2.70. The van der Waals surface area contributed by atoms with Gasteiger partial charge in [-0.1, -0.05) is 18.2 Å². The molecule has 0 aliphatic rings. The van der Waals surface area contributed by atoms with Crippen molar-refractivity contribution in [3.8, 4) is 0 Å². The van der Waals surface area contributed by atoms with Gasteiger partial charge in [-0.15, -0.1) is 11.3 Å². The van der Waals surface area contributed by atoms with Crippen LogP contribution in [0.5, 0.6) is 0 Å². The van der Waals surface area contributed by atoms with Gasteiger partial charge in [0.15, 0.2) is 0 Å². The summed E-state index contributed by atoms with van der Waals surface area (Å²) in [4.78, 5) is 12.5. The number of carbonyl (C=O) groups is 1. The number of halogens is 1. The van der Waals surface area contributed by atoms with E-state index in [0.29, 0.717) is 18.7 Å². The molecular formula is C12H16ClNO2S.